The van der Waals surface area contributed by atoms with E-state index in [2.05, 4.69) is 10.3 Å². The van der Waals surface area contributed by atoms with Crippen molar-refractivity contribution in [3.05, 3.63) is 18.3 Å². The van der Waals surface area contributed by atoms with Crippen molar-refractivity contribution in [3.63, 3.8) is 0 Å². The number of amides is 1. The Balaban J connectivity index is 2.05. The van der Waals surface area contributed by atoms with Gasteiger partial charge in [0.25, 0.3) is 0 Å². The van der Waals surface area contributed by atoms with Crippen LogP contribution in [0.15, 0.2) is 18.3 Å². The Kier molecular flexibility index (Phi) is 2.99. The summed E-state index contributed by atoms with van der Waals surface area (Å²) in [6.45, 7) is -0.0355. The minimum Gasteiger partial charge on any atom is -0.465 e. The zero-order valence-electron chi connectivity index (χ0n) is 9.01. The third kappa shape index (κ3) is 2.38. The van der Waals surface area contributed by atoms with E-state index in [9.17, 15) is 9.18 Å². The number of carbonyl (C=O) groups is 1. The molecule has 1 aliphatic rings. The molecule has 1 fully saturated rings. The second-order valence-electron chi connectivity index (χ2n) is 3.90. The van der Waals surface area contributed by atoms with Gasteiger partial charge in [0.05, 0.1) is 18.3 Å². The highest BCUT2D eigenvalue weighted by Gasteiger charge is 2.35. The molecule has 4 N–H and O–H groups in total. The number of nitrogens with zero attached hydrogens (tertiary/aromatic N) is 2. The molecule has 7 heteroatoms. The second kappa shape index (κ2) is 4.44. The van der Waals surface area contributed by atoms with Gasteiger partial charge in [-0.05, 0) is 12.1 Å². The Morgan fingerprint density at radius 2 is 2.41 bits per heavy atom. The van der Waals surface area contributed by atoms with Crippen LogP contribution in [0.5, 0.6) is 0 Å². The topological polar surface area (TPSA) is 91.5 Å². The van der Waals surface area contributed by atoms with Gasteiger partial charge < -0.3 is 21.1 Å². The summed E-state index contributed by atoms with van der Waals surface area (Å²) in [6, 6.07) is 2.71. The van der Waals surface area contributed by atoms with E-state index in [1.54, 1.807) is 12.1 Å². The van der Waals surface area contributed by atoms with Crippen molar-refractivity contribution >= 4 is 17.6 Å². The number of anilines is 2. The van der Waals surface area contributed by atoms with Crippen molar-refractivity contribution in [1.29, 1.82) is 0 Å². The molecule has 0 aromatic carbocycles. The van der Waals surface area contributed by atoms with Gasteiger partial charge in [0.2, 0.25) is 0 Å². The number of hydrogen-bond acceptors (Lipinski definition) is 4. The summed E-state index contributed by atoms with van der Waals surface area (Å²) >= 11 is 0. The molecule has 0 spiro atoms. The molecule has 0 bridgehead atoms. The standard InChI is InChI=1S/C10H13FN4O2/c11-6-4-15(10(16)17)5-8(6)14-9-7(12)2-1-3-13-9/h1-3,6,8H,4-5,12H2,(H,13,14)(H,16,17)/t6-,8-/m1/s1. The fourth-order valence-corrected chi connectivity index (χ4v) is 1.77. The van der Waals surface area contributed by atoms with Gasteiger partial charge in [-0.1, -0.05) is 0 Å². The van der Waals surface area contributed by atoms with E-state index in [1.165, 1.54) is 6.20 Å². The number of alkyl halides is 1. The molecule has 92 valence electrons. The van der Waals surface area contributed by atoms with Crippen LogP contribution in [0.25, 0.3) is 0 Å². The lowest BCUT2D eigenvalue weighted by atomic mass is 10.2. The number of halogens is 1. The zero-order valence-corrected chi connectivity index (χ0v) is 9.01. The number of carboxylic acid groups (broad SMARTS) is 1. The van der Waals surface area contributed by atoms with Crippen LogP contribution >= 0.6 is 0 Å². The first-order chi connectivity index (χ1) is 8.08. The van der Waals surface area contributed by atoms with Crippen LogP contribution < -0.4 is 11.1 Å². The molecule has 1 aromatic heterocycles. The highest BCUT2D eigenvalue weighted by Crippen LogP contribution is 2.20. The number of nitrogen functional groups attached to an aromatic ring is 1. The highest BCUT2D eigenvalue weighted by atomic mass is 19.1. The molecule has 0 saturated carbocycles. The fourth-order valence-electron chi connectivity index (χ4n) is 1.77. The Morgan fingerprint density at radius 3 is 3.00 bits per heavy atom. The molecule has 0 aliphatic carbocycles. The van der Waals surface area contributed by atoms with Gasteiger partial charge in [-0.15, -0.1) is 0 Å². The predicted octanol–water partition coefficient (Wildman–Crippen LogP) is 0.776. The number of rotatable bonds is 2. The van der Waals surface area contributed by atoms with Crippen LogP contribution in [-0.4, -0.2) is 46.4 Å². The quantitative estimate of drug-likeness (QED) is 0.710. The first kappa shape index (κ1) is 11.4. The van der Waals surface area contributed by atoms with Crippen LogP contribution in [0.1, 0.15) is 0 Å². The SMILES string of the molecule is Nc1cccnc1N[C@@H]1CN(C(=O)O)C[C@H]1F. The smallest absolute Gasteiger partial charge is 0.407 e. The Morgan fingerprint density at radius 1 is 1.65 bits per heavy atom. The van der Waals surface area contributed by atoms with Crippen LogP contribution in [0, 0.1) is 0 Å². The summed E-state index contributed by atoms with van der Waals surface area (Å²) in [5.74, 6) is 0.382. The molecule has 1 aliphatic heterocycles. The maximum absolute atomic E-state index is 13.6. The lowest BCUT2D eigenvalue weighted by molar-refractivity contribution is 0.152. The van der Waals surface area contributed by atoms with E-state index in [1.807, 2.05) is 0 Å². The van der Waals surface area contributed by atoms with Gasteiger partial charge in [0.1, 0.15) is 12.0 Å². The first-order valence-electron chi connectivity index (χ1n) is 5.17. The molecule has 6 nitrogen and oxygen atoms in total. The monoisotopic (exact) mass is 240 g/mol. The number of pyridine rings is 1. The van der Waals surface area contributed by atoms with E-state index >= 15 is 0 Å². The van der Waals surface area contributed by atoms with Crippen LogP contribution in [0.2, 0.25) is 0 Å². The molecule has 1 aromatic rings. The van der Waals surface area contributed by atoms with Crippen LogP contribution in [0.3, 0.4) is 0 Å². The Labute approximate surface area is 97.2 Å². The Bertz CT molecular complexity index is 429. The molecule has 1 amide bonds. The summed E-state index contributed by atoms with van der Waals surface area (Å²) < 4.78 is 13.6. The molecule has 0 unspecified atom stereocenters. The van der Waals surface area contributed by atoms with Crippen molar-refractivity contribution in [2.75, 3.05) is 24.1 Å². The lowest BCUT2D eigenvalue weighted by Gasteiger charge is -2.16. The second-order valence-corrected chi connectivity index (χ2v) is 3.90. The highest BCUT2D eigenvalue weighted by molar-refractivity contribution is 5.66. The van der Waals surface area contributed by atoms with E-state index < -0.39 is 18.3 Å². The molecule has 2 atom stereocenters. The van der Waals surface area contributed by atoms with Gasteiger partial charge in [-0.2, -0.15) is 0 Å². The van der Waals surface area contributed by atoms with E-state index in [0.29, 0.717) is 11.5 Å². The van der Waals surface area contributed by atoms with Crippen LogP contribution in [0.4, 0.5) is 20.7 Å². The van der Waals surface area contributed by atoms with Crippen molar-refractivity contribution < 1.29 is 14.3 Å². The first-order valence-corrected chi connectivity index (χ1v) is 5.17. The Hall–Kier alpha value is -2.05. The minimum absolute atomic E-state index is 0.0898. The summed E-state index contributed by atoms with van der Waals surface area (Å²) in [6.07, 6.45) is -0.839. The molecule has 2 heterocycles. The molecular weight excluding hydrogens is 227 g/mol. The van der Waals surface area contributed by atoms with Crippen molar-refractivity contribution in [3.8, 4) is 0 Å². The maximum Gasteiger partial charge on any atom is 0.407 e. The van der Waals surface area contributed by atoms with Gasteiger partial charge in [0, 0.05) is 12.7 Å². The molecule has 1 saturated heterocycles. The van der Waals surface area contributed by atoms with Gasteiger partial charge in [-0.3, -0.25) is 0 Å². The van der Waals surface area contributed by atoms with E-state index in [0.717, 1.165) is 4.90 Å². The predicted molar refractivity (Wildman–Crippen MR) is 60.6 cm³/mol. The largest absolute Gasteiger partial charge is 0.465 e. The minimum atomic E-state index is -1.26. The van der Waals surface area contributed by atoms with Crippen molar-refractivity contribution in [1.82, 2.24) is 9.88 Å². The molecule has 2 rings (SSSR count). The van der Waals surface area contributed by atoms with Crippen molar-refractivity contribution in [2.45, 2.75) is 12.2 Å². The maximum atomic E-state index is 13.6. The van der Waals surface area contributed by atoms with Gasteiger partial charge in [0.15, 0.2) is 0 Å². The molecule has 0 radical (unpaired) electrons. The summed E-state index contributed by atoms with van der Waals surface area (Å²) in [4.78, 5) is 15.7. The number of nitrogens with two attached hydrogens (primary N) is 1. The number of hydrogen-bond donors (Lipinski definition) is 3. The van der Waals surface area contributed by atoms with E-state index in [-0.39, 0.29) is 13.1 Å². The number of likely N-dealkylation sites (tertiary alicyclic amines) is 1. The van der Waals surface area contributed by atoms with Crippen LogP contribution in [-0.2, 0) is 0 Å². The normalized spacial score (nSPS) is 23.7. The average Bonchev–Trinajstić information content (AvgIpc) is 2.64. The fraction of sp³-hybridized carbons (Fsp3) is 0.400. The number of nitrogens with one attached hydrogen (secondary N) is 1. The van der Waals surface area contributed by atoms with E-state index in [4.69, 9.17) is 10.8 Å². The third-order valence-corrected chi connectivity index (χ3v) is 2.68. The summed E-state index contributed by atoms with van der Waals surface area (Å²) in [5, 5.41) is 11.6. The summed E-state index contributed by atoms with van der Waals surface area (Å²) in [5.41, 5.74) is 6.07. The lowest BCUT2D eigenvalue weighted by Crippen LogP contribution is -2.31. The molecule has 17 heavy (non-hydrogen) atoms. The van der Waals surface area contributed by atoms with Gasteiger partial charge >= 0.3 is 6.09 Å². The van der Waals surface area contributed by atoms with Crippen molar-refractivity contribution in [2.24, 2.45) is 0 Å². The average molecular weight is 240 g/mol. The number of aromatic nitrogens is 1. The third-order valence-electron chi connectivity index (χ3n) is 2.68. The summed E-state index contributed by atoms with van der Waals surface area (Å²) in [7, 11) is 0. The zero-order chi connectivity index (χ0) is 12.4. The van der Waals surface area contributed by atoms with Gasteiger partial charge in [-0.25, -0.2) is 14.2 Å². The molecular formula is C10H13FN4O2.